The van der Waals surface area contributed by atoms with Crippen molar-refractivity contribution in [2.75, 3.05) is 7.11 Å². The SMILES string of the molecule is COc1c(F)ccc(C(C)=O)c1C(F)(F)F. The van der Waals surface area contributed by atoms with Crippen LogP contribution in [-0.4, -0.2) is 12.9 Å². The van der Waals surface area contributed by atoms with Crippen molar-refractivity contribution in [3.8, 4) is 5.75 Å². The Balaban J connectivity index is 3.61. The van der Waals surface area contributed by atoms with Gasteiger partial charge in [0.15, 0.2) is 17.3 Å². The summed E-state index contributed by atoms with van der Waals surface area (Å²) in [7, 11) is 0.914. The van der Waals surface area contributed by atoms with E-state index >= 15 is 0 Å². The normalized spacial score (nSPS) is 11.4. The third-order valence-corrected chi connectivity index (χ3v) is 1.98. The average Bonchev–Trinajstić information content (AvgIpc) is 2.15. The minimum atomic E-state index is -4.84. The lowest BCUT2D eigenvalue weighted by Gasteiger charge is -2.15. The zero-order chi connectivity index (χ0) is 12.5. The summed E-state index contributed by atoms with van der Waals surface area (Å²) in [6.07, 6.45) is -4.84. The molecule has 0 aliphatic rings. The molecule has 16 heavy (non-hydrogen) atoms. The first-order valence-electron chi connectivity index (χ1n) is 4.23. The first kappa shape index (κ1) is 12.5. The second-order valence-corrected chi connectivity index (χ2v) is 3.06. The molecule has 0 saturated carbocycles. The summed E-state index contributed by atoms with van der Waals surface area (Å²) in [5.74, 6) is -2.91. The highest BCUT2D eigenvalue weighted by atomic mass is 19.4. The van der Waals surface area contributed by atoms with Crippen molar-refractivity contribution in [2.45, 2.75) is 13.1 Å². The molecule has 0 aliphatic heterocycles. The lowest BCUT2D eigenvalue weighted by molar-refractivity contribution is -0.139. The summed E-state index contributed by atoms with van der Waals surface area (Å²) in [5, 5.41) is 0. The lowest BCUT2D eigenvalue weighted by atomic mass is 10.0. The van der Waals surface area contributed by atoms with Gasteiger partial charge in [0.1, 0.15) is 5.56 Å². The van der Waals surface area contributed by atoms with Crippen LogP contribution in [0.25, 0.3) is 0 Å². The van der Waals surface area contributed by atoms with Gasteiger partial charge in [-0.2, -0.15) is 13.2 Å². The Kier molecular flexibility index (Phi) is 3.21. The summed E-state index contributed by atoms with van der Waals surface area (Å²) in [5.41, 5.74) is -1.98. The van der Waals surface area contributed by atoms with Gasteiger partial charge < -0.3 is 4.74 Å². The van der Waals surface area contributed by atoms with E-state index in [1.165, 1.54) is 0 Å². The number of carbonyl (C=O) groups is 1. The number of rotatable bonds is 2. The Hall–Kier alpha value is -1.59. The van der Waals surface area contributed by atoms with Gasteiger partial charge in [0.05, 0.1) is 7.11 Å². The van der Waals surface area contributed by atoms with Crippen molar-refractivity contribution in [2.24, 2.45) is 0 Å². The number of ketones is 1. The van der Waals surface area contributed by atoms with Gasteiger partial charge in [-0.1, -0.05) is 0 Å². The van der Waals surface area contributed by atoms with Crippen molar-refractivity contribution in [1.82, 2.24) is 0 Å². The molecular formula is C10H8F4O2. The number of benzene rings is 1. The quantitative estimate of drug-likeness (QED) is 0.582. The fourth-order valence-corrected chi connectivity index (χ4v) is 1.33. The fraction of sp³-hybridized carbons (Fsp3) is 0.300. The highest BCUT2D eigenvalue weighted by Crippen LogP contribution is 2.40. The molecule has 1 rings (SSSR count). The van der Waals surface area contributed by atoms with Crippen LogP contribution in [0.3, 0.4) is 0 Å². The maximum atomic E-state index is 13.1. The van der Waals surface area contributed by atoms with Crippen LogP contribution in [0.5, 0.6) is 5.75 Å². The van der Waals surface area contributed by atoms with Crippen LogP contribution in [0.2, 0.25) is 0 Å². The number of alkyl halides is 3. The Morgan fingerprint density at radius 1 is 1.31 bits per heavy atom. The smallest absolute Gasteiger partial charge is 0.420 e. The Morgan fingerprint density at radius 3 is 2.25 bits per heavy atom. The zero-order valence-corrected chi connectivity index (χ0v) is 8.48. The van der Waals surface area contributed by atoms with E-state index in [0.29, 0.717) is 0 Å². The second kappa shape index (κ2) is 4.11. The first-order chi connectivity index (χ1) is 7.29. The summed E-state index contributed by atoms with van der Waals surface area (Å²) >= 11 is 0. The number of hydrogen-bond acceptors (Lipinski definition) is 2. The summed E-state index contributed by atoms with van der Waals surface area (Å²) in [4.78, 5) is 11.0. The minimum Gasteiger partial charge on any atom is -0.493 e. The lowest BCUT2D eigenvalue weighted by Crippen LogP contribution is -2.14. The van der Waals surface area contributed by atoms with Crippen molar-refractivity contribution in [1.29, 1.82) is 0 Å². The molecular weight excluding hydrogens is 228 g/mol. The third-order valence-electron chi connectivity index (χ3n) is 1.98. The van der Waals surface area contributed by atoms with Gasteiger partial charge in [-0.05, 0) is 19.1 Å². The zero-order valence-electron chi connectivity index (χ0n) is 8.48. The van der Waals surface area contributed by atoms with Crippen molar-refractivity contribution in [3.05, 3.63) is 29.1 Å². The molecule has 0 fully saturated rings. The maximum Gasteiger partial charge on any atom is 0.420 e. The van der Waals surface area contributed by atoms with Crippen molar-refractivity contribution < 1.29 is 27.1 Å². The minimum absolute atomic E-state index is 0.606. The van der Waals surface area contributed by atoms with E-state index in [0.717, 1.165) is 26.2 Å². The van der Waals surface area contributed by atoms with Gasteiger partial charge in [-0.25, -0.2) is 4.39 Å². The van der Waals surface area contributed by atoms with E-state index < -0.39 is 34.7 Å². The third kappa shape index (κ3) is 2.15. The largest absolute Gasteiger partial charge is 0.493 e. The van der Waals surface area contributed by atoms with E-state index in [-0.39, 0.29) is 0 Å². The van der Waals surface area contributed by atoms with E-state index in [4.69, 9.17) is 0 Å². The summed E-state index contributed by atoms with van der Waals surface area (Å²) in [6.45, 7) is 0.974. The molecule has 0 N–H and O–H groups in total. The molecule has 0 saturated heterocycles. The molecule has 1 aromatic rings. The Morgan fingerprint density at radius 2 is 1.88 bits per heavy atom. The molecule has 1 aromatic carbocycles. The molecule has 0 spiro atoms. The number of halogens is 4. The van der Waals surface area contributed by atoms with Gasteiger partial charge in [0.2, 0.25) is 0 Å². The molecule has 0 heterocycles. The Bertz CT molecular complexity index is 424. The molecule has 0 radical (unpaired) electrons. The molecule has 88 valence electrons. The molecule has 0 atom stereocenters. The van der Waals surface area contributed by atoms with Gasteiger partial charge in [0, 0.05) is 5.56 Å². The monoisotopic (exact) mass is 236 g/mol. The number of carbonyl (C=O) groups excluding carboxylic acids is 1. The molecule has 0 unspecified atom stereocenters. The Labute approximate surface area is 88.8 Å². The summed E-state index contributed by atoms with van der Waals surface area (Å²) in [6, 6.07) is 1.56. The van der Waals surface area contributed by atoms with Gasteiger partial charge >= 0.3 is 6.18 Å². The molecule has 0 aliphatic carbocycles. The second-order valence-electron chi connectivity index (χ2n) is 3.06. The van der Waals surface area contributed by atoms with Crippen LogP contribution in [0.15, 0.2) is 12.1 Å². The molecule has 0 amide bonds. The van der Waals surface area contributed by atoms with E-state index in [1.807, 2.05) is 0 Å². The van der Waals surface area contributed by atoms with Crippen LogP contribution in [0.1, 0.15) is 22.8 Å². The average molecular weight is 236 g/mol. The van der Waals surface area contributed by atoms with Crippen LogP contribution >= 0.6 is 0 Å². The predicted octanol–water partition coefficient (Wildman–Crippen LogP) is 3.06. The van der Waals surface area contributed by atoms with E-state index in [2.05, 4.69) is 4.74 Å². The highest BCUT2D eigenvalue weighted by molar-refractivity contribution is 5.96. The van der Waals surface area contributed by atoms with Gasteiger partial charge in [-0.3, -0.25) is 4.79 Å². The van der Waals surface area contributed by atoms with Crippen LogP contribution < -0.4 is 4.74 Å². The highest BCUT2D eigenvalue weighted by Gasteiger charge is 2.39. The number of ether oxygens (including phenoxy) is 1. The predicted molar refractivity (Wildman–Crippen MR) is 48.0 cm³/mol. The molecule has 6 heteroatoms. The maximum absolute atomic E-state index is 13.1. The number of Topliss-reactive ketones (excluding diaryl/α,β-unsaturated/α-hetero) is 1. The van der Waals surface area contributed by atoms with Crippen LogP contribution in [0, 0.1) is 5.82 Å². The van der Waals surface area contributed by atoms with Gasteiger partial charge in [-0.15, -0.1) is 0 Å². The standard InChI is InChI=1S/C10H8F4O2/c1-5(15)6-3-4-7(11)9(16-2)8(6)10(12,13)14/h3-4H,1-2H3. The number of methoxy groups -OCH3 is 1. The van der Waals surface area contributed by atoms with Crippen LogP contribution in [0.4, 0.5) is 17.6 Å². The molecule has 0 bridgehead atoms. The van der Waals surface area contributed by atoms with E-state index in [9.17, 15) is 22.4 Å². The topological polar surface area (TPSA) is 26.3 Å². The van der Waals surface area contributed by atoms with Crippen molar-refractivity contribution >= 4 is 5.78 Å². The fourth-order valence-electron chi connectivity index (χ4n) is 1.33. The molecule has 0 aromatic heterocycles. The van der Waals surface area contributed by atoms with Crippen molar-refractivity contribution in [3.63, 3.8) is 0 Å². The van der Waals surface area contributed by atoms with Crippen LogP contribution in [-0.2, 0) is 6.18 Å². The molecule has 2 nitrogen and oxygen atoms in total. The first-order valence-corrected chi connectivity index (χ1v) is 4.23. The van der Waals surface area contributed by atoms with E-state index in [1.54, 1.807) is 0 Å². The number of hydrogen-bond donors (Lipinski definition) is 0. The van der Waals surface area contributed by atoms with Gasteiger partial charge in [0.25, 0.3) is 0 Å². The summed E-state index contributed by atoms with van der Waals surface area (Å²) < 4.78 is 55.3.